The van der Waals surface area contributed by atoms with E-state index in [0.29, 0.717) is 0 Å². The summed E-state index contributed by atoms with van der Waals surface area (Å²) in [5, 5.41) is 0. The van der Waals surface area contributed by atoms with E-state index in [9.17, 15) is 0 Å². The Morgan fingerprint density at radius 2 is 1.79 bits per heavy atom. The van der Waals surface area contributed by atoms with Crippen molar-refractivity contribution in [2.45, 2.75) is 77.7 Å². The van der Waals surface area contributed by atoms with Crippen LogP contribution < -0.4 is 0 Å². The van der Waals surface area contributed by atoms with Gasteiger partial charge in [-0.1, -0.05) is 39.5 Å². The minimum atomic E-state index is 0.919. The van der Waals surface area contributed by atoms with Crippen LogP contribution in [0.2, 0.25) is 0 Å². The van der Waals surface area contributed by atoms with Crippen LogP contribution in [0.1, 0.15) is 71.6 Å². The average molecular weight is 263 g/mol. The lowest BCUT2D eigenvalue weighted by Gasteiger charge is -2.46. The van der Waals surface area contributed by atoms with Gasteiger partial charge in [-0.3, -0.25) is 4.90 Å². The Morgan fingerprint density at radius 1 is 1.05 bits per heavy atom. The lowest BCUT2D eigenvalue weighted by molar-refractivity contribution is 0.0510. The molecule has 3 rings (SSSR count). The minimum absolute atomic E-state index is 0.919. The average Bonchev–Trinajstić information content (AvgIpc) is 3.09. The fourth-order valence-electron chi connectivity index (χ4n) is 4.82. The van der Waals surface area contributed by atoms with Crippen molar-refractivity contribution in [1.29, 1.82) is 0 Å². The van der Waals surface area contributed by atoms with Crippen LogP contribution in [0.4, 0.5) is 0 Å². The van der Waals surface area contributed by atoms with E-state index in [2.05, 4.69) is 18.7 Å². The van der Waals surface area contributed by atoms with E-state index in [-0.39, 0.29) is 0 Å². The van der Waals surface area contributed by atoms with Gasteiger partial charge in [0.1, 0.15) is 0 Å². The van der Waals surface area contributed by atoms with Crippen LogP contribution in [0.15, 0.2) is 0 Å². The maximum Gasteiger partial charge on any atom is 0.0122 e. The van der Waals surface area contributed by atoms with E-state index in [4.69, 9.17) is 0 Å². The Kier molecular flexibility index (Phi) is 4.51. The van der Waals surface area contributed by atoms with Crippen LogP contribution in [0.25, 0.3) is 0 Å². The number of rotatable bonds is 8. The quantitative estimate of drug-likeness (QED) is 0.573. The molecule has 1 saturated heterocycles. The molecule has 3 fully saturated rings. The smallest absolute Gasteiger partial charge is 0.0122 e. The Balaban J connectivity index is 1.45. The third kappa shape index (κ3) is 3.17. The summed E-state index contributed by atoms with van der Waals surface area (Å²) in [5.74, 6) is 4.39. The van der Waals surface area contributed by atoms with Gasteiger partial charge in [-0.2, -0.15) is 0 Å². The molecular weight excluding hydrogens is 230 g/mol. The first kappa shape index (κ1) is 13.9. The molecule has 0 aromatic carbocycles. The molecule has 0 aromatic heterocycles. The lowest BCUT2D eigenvalue weighted by Crippen LogP contribution is -2.37. The molecule has 1 heteroatoms. The lowest BCUT2D eigenvalue weighted by atomic mass is 9.60. The van der Waals surface area contributed by atoms with Gasteiger partial charge in [0, 0.05) is 19.1 Å². The van der Waals surface area contributed by atoms with E-state index in [1.165, 1.54) is 38.8 Å². The summed E-state index contributed by atoms with van der Waals surface area (Å²) in [6.45, 7) is 7.55. The predicted molar refractivity (Wildman–Crippen MR) is 82.2 cm³/mol. The molecule has 3 aliphatic rings. The summed E-state index contributed by atoms with van der Waals surface area (Å²) < 4.78 is 0. The van der Waals surface area contributed by atoms with Crippen LogP contribution in [0.3, 0.4) is 0 Å². The molecule has 19 heavy (non-hydrogen) atoms. The highest BCUT2D eigenvalue weighted by molar-refractivity contribution is 4.92. The zero-order valence-electron chi connectivity index (χ0n) is 13.1. The van der Waals surface area contributed by atoms with Crippen LogP contribution in [-0.2, 0) is 0 Å². The largest absolute Gasteiger partial charge is 0.298 e. The molecular formula is C18H33N. The molecule has 110 valence electrons. The zero-order chi connectivity index (χ0) is 13.2. The topological polar surface area (TPSA) is 3.01 Å². The van der Waals surface area contributed by atoms with Gasteiger partial charge in [0.25, 0.3) is 0 Å². The third-order valence-corrected chi connectivity index (χ3v) is 6.30. The predicted octanol–water partition coefficient (Wildman–Crippen LogP) is 4.71. The van der Waals surface area contributed by atoms with Gasteiger partial charge >= 0.3 is 0 Å². The minimum Gasteiger partial charge on any atom is -0.298 e. The Labute approximate surface area is 120 Å². The van der Waals surface area contributed by atoms with Crippen molar-refractivity contribution in [3.8, 4) is 0 Å². The monoisotopic (exact) mass is 263 g/mol. The molecule has 2 atom stereocenters. The molecule has 0 amide bonds. The van der Waals surface area contributed by atoms with E-state index in [1.54, 1.807) is 32.1 Å². The summed E-state index contributed by atoms with van der Waals surface area (Å²) in [6, 6.07) is 0.919. The van der Waals surface area contributed by atoms with Crippen molar-refractivity contribution >= 4 is 0 Å². The molecule has 0 bridgehead atoms. The second-order valence-corrected chi connectivity index (χ2v) is 7.58. The maximum atomic E-state index is 2.72. The van der Waals surface area contributed by atoms with Gasteiger partial charge in [0.2, 0.25) is 0 Å². The molecule has 1 heterocycles. The second kappa shape index (κ2) is 6.16. The molecule has 0 N–H and O–H groups in total. The van der Waals surface area contributed by atoms with E-state index >= 15 is 0 Å². The van der Waals surface area contributed by atoms with Crippen molar-refractivity contribution in [1.82, 2.24) is 4.90 Å². The molecule has 0 aromatic rings. The zero-order valence-corrected chi connectivity index (χ0v) is 13.1. The summed E-state index contributed by atoms with van der Waals surface area (Å²) in [4.78, 5) is 2.72. The molecule has 2 saturated carbocycles. The molecule has 1 nitrogen and oxygen atoms in total. The van der Waals surface area contributed by atoms with Gasteiger partial charge in [-0.05, 0) is 55.8 Å². The standard InChI is InChI=1S/C18H33N/c1-3-6-16(18(4-2)19-9-10-19)11-14-12-17(13-14)15-7-5-8-15/h14-18H,3-13H2,1-2H3. The van der Waals surface area contributed by atoms with Gasteiger partial charge in [0.15, 0.2) is 0 Å². The Bertz CT molecular complexity index is 273. The van der Waals surface area contributed by atoms with Gasteiger partial charge in [-0.25, -0.2) is 0 Å². The normalized spacial score (nSPS) is 34.4. The van der Waals surface area contributed by atoms with Crippen molar-refractivity contribution in [2.24, 2.45) is 23.7 Å². The maximum absolute atomic E-state index is 2.72. The van der Waals surface area contributed by atoms with Crippen molar-refractivity contribution < 1.29 is 0 Å². The first-order valence-electron chi connectivity index (χ1n) is 9.05. The van der Waals surface area contributed by atoms with Crippen molar-refractivity contribution in [2.75, 3.05) is 13.1 Å². The summed E-state index contributed by atoms with van der Waals surface area (Å²) >= 11 is 0. The summed E-state index contributed by atoms with van der Waals surface area (Å²) in [6.07, 6.45) is 13.6. The molecule has 2 unspecified atom stereocenters. The van der Waals surface area contributed by atoms with Gasteiger partial charge < -0.3 is 0 Å². The van der Waals surface area contributed by atoms with Gasteiger partial charge in [0.05, 0.1) is 0 Å². The second-order valence-electron chi connectivity index (χ2n) is 7.58. The first-order chi connectivity index (χ1) is 9.31. The van der Waals surface area contributed by atoms with E-state index < -0.39 is 0 Å². The summed E-state index contributed by atoms with van der Waals surface area (Å²) in [7, 11) is 0. The molecule has 0 spiro atoms. The first-order valence-corrected chi connectivity index (χ1v) is 9.05. The number of hydrogen-bond acceptors (Lipinski definition) is 1. The molecule has 1 aliphatic heterocycles. The highest BCUT2D eigenvalue weighted by Gasteiger charge is 2.40. The van der Waals surface area contributed by atoms with E-state index in [0.717, 1.165) is 29.7 Å². The van der Waals surface area contributed by atoms with E-state index in [1.807, 2.05) is 0 Å². The molecule has 0 radical (unpaired) electrons. The van der Waals surface area contributed by atoms with Crippen LogP contribution in [0, 0.1) is 23.7 Å². The van der Waals surface area contributed by atoms with Crippen LogP contribution in [-0.4, -0.2) is 24.0 Å². The van der Waals surface area contributed by atoms with Crippen molar-refractivity contribution in [3.63, 3.8) is 0 Å². The number of hydrogen-bond donors (Lipinski definition) is 0. The molecule has 2 aliphatic carbocycles. The highest BCUT2D eigenvalue weighted by atomic mass is 15.3. The summed E-state index contributed by atoms with van der Waals surface area (Å²) in [5.41, 5.74) is 0. The highest BCUT2D eigenvalue weighted by Crippen LogP contribution is 2.49. The number of nitrogens with zero attached hydrogens (tertiary/aromatic N) is 1. The Morgan fingerprint density at radius 3 is 2.26 bits per heavy atom. The van der Waals surface area contributed by atoms with Crippen LogP contribution in [0.5, 0.6) is 0 Å². The van der Waals surface area contributed by atoms with Crippen molar-refractivity contribution in [3.05, 3.63) is 0 Å². The van der Waals surface area contributed by atoms with Crippen LogP contribution >= 0.6 is 0 Å². The SMILES string of the molecule is CCCC(CC1CC(C2CCC2)C1)C(CC)N1CC1. The van der Waals surface area contributed by atoms with Gasteiger partial charge in [-0.15, -0.1) is 0 Å². The third-order valence-electron chi connectivity index (χ3n) is 6.30. The Hall–Kier alpha value is -0.0400. The fourth-order valence-corrected chi connectivity index (χ4v) is 4.82. The fraction of sp³-hybridized carbons (Fsp3) is 1.00.